The van der Waals surface area contributed by atoms with Crippen molar-refractivity contribution >= 4 is 16.7 Å². The molecule has 1 aliphatic rings. The maximum atomic E-state index is 14.5. The van der Waals surface area contributed by atoms with E-state index in [2.05, 4.69) is 15.3 Å². The van der Waals surface area contributed by atoms with Crippen molar-refractivity contribution in [3.05, 3.63) is 64.1 Å². The second-order valence-corrected chi connectivity index (χ2v) is 7.52. The summed E-state index contributed by atoms with van der Waals surface area (Å²) in [4.78, 5) is 20.7. The number of aromatic nitrogens is 3. The molecule has 1 aliphatic carbocycles. The summed E-state index contributed by atoms with van der Waals surface area (Å²) in [5, 5.41) is 3.61. The maximum Gasteiger partial charge on any atom is 0.273 e. The van der Waals surface area contributed by atoms with E-state index in [4.69, 9.17) is 0 Å². The SMILES string of the molecule is CC(F)(F)c1cccc(CNc2ncnc3cc(=O)n(C4(C)CC4)cc23)c1F. The molecule has 0 bridgehead atoms. The minimum absolute atomic E-state index is 0.0295. The number of halogens is 3. The van der Waals surface area contributed by atoms with Crippen molar-refractivity contribution in [2.24, 2.45) is 0 Å². The van der Waals surface area contributed by atoms with Crippen LogP contribution in [0.2, 0.25) is 0 Å². The van der Waals surface area contributed by atoms with Crippen molar-refractivity contribution < 1.29 is 13.2 Å². The molecule has 28 heavy (non-hydrogen) atoms. The molecule has 0 aliphatic heterocycles. The van der Waals surface area contributed by atoms with Crippen molar-refractivity contribution in [2.75, 3.05) is 5.32 Å². The highest BCUT2D eigenvalue weighted by Gasteiger charge is 2.40. The fraction of sp³-hybridized carbons (Fsp3) is 0.350. The first-order valence-electron chi connectivity index (χ1n) is 8.96. The summed E-state index contributed by atoms with van der Waals surface area (Å²) in [6, 6.07) is 5.37. The zero-order chi connectivity index (χ0) is 20.1. The monoisotopic (exact) mass is 388 g/mol. The lowest BCUT2D eigenvalue weighted by Crippen LogP contribution is -2.27. The lowest BCUT2D eigenvalue weighted by molar-refractivity contribution is 0.0136. The van der Waals surface area contributed by atoms with E-state index in [0.717, 1.165) is 18.9 Å². The smallest absolute Gasteiger partial charge is 0.273 e. The van der Waals surface area contributed by atoms with Gasteiger partial charge in [0.1, 0.15) is 18.0 Å². The highest BCUT2D eigenvalue weighted by molar-refractivity contribution is 5.87. The summed E-state index contributed by atoms with van der Waals surface area (Å²) >= 11 is 0. The van der Waals surface area contributed by atoms with Gasteiger partial charge in [0, 0.05) is 36.8 Å². The molecule has 1 saturated carbocycles. The van der Waals surface area contributed by atoms with Gasteiger partial charge < -0.3 is 9.88 Å². The van der Waals surface area contributed by atoms with E-state index in [1.54, 1.807) is 10.8 Å². The third-order valence-corrected chi connectivity index (χ3v) is 5.22. The molecule has 4 rings (SSSR count). The van der Waals surface area contributed by atoms with E-state index in [-0.39, 0.29) is 23.2 Å². The third kappa shape index (κ3) is 3.23. The van der Waals surface area contributed by atoms with Crippen LogP contribution in [0.25, 0.3) is 10.9 Å². The van der Waals surface area contributed by atoms with Gasteiger partial charge >= 0.3 is 0 Å². The van der Waals surface area contributed by atoms with Crippen LogP contribution in [0.5, 0.6) is 0 Å². The Bertz CT molecular complexity index is 1120. The largest absolute Gasteiger partial charge is 0.365 e. The van der Waals surface area contributed by atoms with Gasteiger partial charge in [-0.15, -0.1) is 0 Å². The summed E-state index contributed by atoms with van der Waals surface area (Å²) in [5.41, 5.74) is -0.410. The van der Waals surface area contributed by atoms with E-state index in [9.17, 15) is 18.0 Å². The Morgan fingerprint density at radius 3 is 2.71 bits per heavy atom. The van der Waals surface area contributed by atoms with Crippen LogP contribution in [0.1, 0.15) is 37.8 Å². The predicted octanol–water partition coefficient (Wildman–Crippen LogP) is 4.16. The molecule has 0 amide bonds. The quantitative estimate of drug-likeness (QED) is 0.713. The molecule has 146 valence electrons. The Labute approximate surface area is 159 Å². The summed E-state index contributed by atoms with van der Waals surface area (Å²) in [6.45, 7) is 2.64. The second-order valence-electron chi connectivity index (χ2n) is 7.52. The Balaban J connectivity index is 1.69. The van der Waals surface area contributed by atoms with Crippen LogP contribution in [0.3, 0.4) is 0 Å². The molecule has 1 N–H and O–H groups in total. The highest BCUT2D eigenvalue weighted by Crippen LogP contribution is 2.42. The molecule has 0 radical (unpaired) electrons. The van der Waals surface area contributed by atoms with Crippen LogP contribution in [0, 0.1) is 5.82 Å². The van der Waals surface area contributed by atoms with Crippen molar-refractivity contribution in [2.45, 2.75) is 44.7 Å². The van der Waals surface area contributed by atoms with Gasteiger partial charge in [-0.25, -0.2) is 23.1 Å². The first kappa shape index (κ1) is 18.5. The Hall–Kier alpha value is -2.90. The minimum atomic E-state index is -3.27. The summed E-state index contributed by atoms with van der Waals surface area (Å²) in [6.07, 6.45) is 4.84. The van der Waals surface area contributed by atoms with E-state index >= 15 is 0 Å². The average molecular weight is 388 g/mol. The van der Waals surface area contributed by atoms with Crippen molar-refractivity contribution in [3.8, 4) is 0 Å². The molecular weight excluding hydrogens is 369 g/mol. The number of hydrogen-bond acceptors (Lipinski definition) is 4. The van der Waals surface area contributed by atoms with Crippen LogP contribution >= 0.6 is 0 Å². The number of anilines is 1. The fourth-order valence-electron chi connectivity index (χ4n) is 3.25. The predicted molar refractivity (Wildman–Crippen MR) is 100.0 cm³/mol. The molecular formula is C20H19F3N4O. The molecule has 3 aromatic rings. The third-order valence-electron chi connectivity index (χ3n) is 5.22. The molecule has 5 nitrogen and oxygen atoms in total. The zero-order valence-electron chi connectivity index (χ0n) is 15.5. The van der Waals surface area contributed by atoms with Gasteiger partial charge in [0.2, 0.25) is 0 Å². The van der Waals surface area contributed by atoms with Crippen LogP contribution in [-0.4, -0.2) is 14.5 Å². The fourth-order valence-corrected chi connectivity index (χ4v) is 3.25. The number of alkyl halides is 2. The maximum absolute atomic E-state index is 14.5. The van der Waals surface area contributed by atoms with Gasteiger partial charge in [0.15, 0.2) is 0 Å². The summed E-state index contributed by atoms with van der Waals surface area (Å²) in [7, 11) is 0. The number of nitrogens with one attached hydrogen (secondary N) is 1. The molecule has 0 unspecified atom stereocenters. The topological polar surface area (TPSA) is 59.8 Å². The molecule has 0 saturated heterocycles. The van der Waals surface area contributed by atoms with Crippen LogP contribution in [0.4, 0.5) is 19.0 Å². The molecule has 2 heterocycles. The number of benzene rings is 1. The molecule has 8 heteroatoms. The number of fused-ring (bicyclic) bond motifs is 1. The van der Waals surface area contributed by atoms with Gasteiger partial charge in [-0.05, 0) is 19.8 Å². The van der Waals surface area contributed by atoms with Crippen LogP contribution < -0.4 is 10.9 Å². The number of nitrogens with zero attached hydrogens (tertiary/aromatic N) is 3. The average Bonchev–Trinajstić information content (AvgIpc) is 3.37. The number of hydrogen-bond donors (Lipinski definition) is 1. The molecule has 1 fully saturated rings. The van der Waals surface area contributed by atoms with Gasteiger partial charge in [-0.1, -0.05) is 18.2 Å². The van der Waals surface area contributed by atoms with Gasteiger partial charge in [-0.3, -0.25) is 4.79 Å². The van der Waals surface area contributed by atoms with Gasteiger partial charge in [0.05, 0.1) is 16.5 Å². The Morgan fingerprint density at radius 2 is 2.04 bits per heavy atom. The summed E-state index contributed by atoms with van der Waals surface area (Å²) in [5.74, 6) is -3.79. The van der Waals surface area contributed by atoms with E-state index in [1.807, 2.05) is 6.92 Å². The van der Waals surface area contributed by atoms with Crippen LogP contribution in [0.15, 0.2) is 41.6 Å². The standard InChI is InChI=1S/C20H19F3N4O/c1-19(6-7-19)27-10-13-15(8-16(27)28)25-11-26-18(13)24-9-12-4-3-5-14(17(12)21)20(2,22)23/h3-5,8,10-11H,6-7,9H2,1-2H3,(H,24,25,26). The molecule has 0 atom stereocenters. The molecule has 2 aromatic heterocycles. The lowest BCUT2D eigenvalue weighted by atomic mass is 10.0. The Morgan fingerprint density at radius 1 is 1.29 bits per heavy atom. The normalized spacial score (nSPS) is 15.6. The number of rotatable bonds is 5. The first-order chi connectivity index (χ1) is 13.2. The first-order valence-corrected chi connectivity index (χ1v) is 8.96. The van der Waals surface area contributed by atoms with E-state index < -0.39 is 17.3 Å². The lowest BCUT2D eigenvalue weighted by Gasteiger charge is -2.16. The second kappa shape index (κ2) is 6.32. The van der Waals surface area contributed by atoms with E-state index in [0.29, 0.717) is 23.6 Å². The Kier molecular flexibility index (Phi) is 4.17. The molecule has 1 aromatic carbocycles. The van der Waals surface area contributed by atoms with Crippen LogP contribution in [-0.2, 0) is 18.0 Å². The van der Waals surface area contributed by atoms with E-state index in [1.165, 1.54) is 24.5 Å². The molecule has 0 spiro atoms. The number of pyridine rings is 1. The minimum Gasteiger partial charge on any atom is -0.365 e. The van der Waals surface area contributed by atoms with Crippen molar-refractivity contribution in [3.63, 3.8) is 0 Å². The van der Waals surface area contributed by atoms with Crippen molar-refractivity contribution in [1.82, 2.24) is 14.5 Å². The highest BCUT2D eigenvalue weighted by atomic mass is 19.3. The van der Waals surface area contributed by atoms with Gasteiger partial charge in [0.25, 0.3) is 11.5 Å². The zero-order valence-corrected chi connectivity index (χ0v) is 15.5. The van der Waals surface area contributed by atoms with Gasteiger partial charge in [-0.2, -0.15) is 0 Å². The summed E-state index contributed by atoms with van der Waals surface area (Å²) < 4.78 is 43.2. The van der Waals surface area contributed by atoms with Crippen molar-refractivity contribution in [1.29, 1.82) is 0 Å².